The predicted octanol–water partition coefficient (Wildman–Crippen LogP) is 3.70. The number of benzene rings is 1. The van der Waals surface area contributed by atoms with E-state index in [1.807, 2.05) is 12.1 Å². The van der Waals surface area contributed by atoms with Crippen molar-refractivity contribution < 1.29 is 0 Å². The highest BCUT2D eigenvalue weighted by atomic mass is 35.5. The first-order valence-corrected chi connectivity index (χ1v) is 4.94. The van der Waals surface area contributed by atoms with Crippen molar-refractivity contribution in [1.82, 2.24) is 4.57 Å². The van der Waals surface area contributed by atoms with E-state index in [1.54, 1.807) is 0 Å². The fourth-order valence-electron chi connectivity index (χ4n) is 1.64. The molecule has 1 nitrogen and oxygen atoms in total. The van der Waals surface area contributed by atoms with Crippen molar-refractivity contribution in [3.63, 3.8) is 0 Å². The van der Waals surface area contributed by atoms with Gasteiger partial charge < -0.3 is 4.57 Å². The van der Waals surface area contributed by atoms with E-state index >= 15 is 0 Å². The molecule has 0 N–H and O–H groups in total. The minimum atomic E-state index is 0.843. The van der Waals surface area contributed by atoms with Gasteiger partial charge in [-0.25, -0.2) is 0 Å². The third kappa shape index (κ3) is 1.44. The summed E-state index contributed by atoms with van der Waals surface area (Å²) in [5.41, 5.74) is 1.16. The Morgan fingerprint density at radius 1 is 1.31 bits per heavy atom. The molecule has 0 aliphatic heterocycles. The van der Waals surface area contributed by atoms with Gasteiger partial charge in [0, 0.05) is 18.1 Å². The Kier molecular flexibility index (Phi) is 2.28. The van der Waals surface area contributed by atoms with E-state index in [2.05, 4.69) is 29.8 Å². The molecule has 0 unspecified atom stereocenters. The van der Waals surface area contributed by atoms with Crippen LogP contribution in [0, 0.1) is 0 Å². The summed E-state index contributed by atoms with van der Waals surface area (Å²) in [5.74, 6) is 0. The van der Waals surface area contributed by atoms with Crippen LogP contribution in [0.2, 0.25) is 5.02 Å². The number of hydrogen-bond acceptors (Lipinski definition) is 0. The largest absolute Gasteiger partial charge is 0.346 e. The molecule has 0 saturated heterocycles. The lowest BCUT2D eigenvalue weighted by Gasteiger charge is -2.03. The molecule has 68 valence electrons. The summed E-state index contributed by atoms with van der Waals surface area (Å²) in [6.45, 7) is 3.20. The topological polar surface area (TPSA) is 4.93 Å². The van der Waals surface area contributed by atoms with Gasteiger partial charge in [-0.3, -0.25) is 0 Å². The maximum Gasteiger partial charge on any atom is 0.0669 e. The summed E-state index contributed by atoms with van der Waals surface area (Å²) in [4.78, 5) is 0. The number of aryl methyl sites for hydroxylation is 1. The van der Waals surface area contributed by atoms with Gasteiger partial charge in [-0.2, -0.15) is 0 Å². The molecule has 13 heavy (non-hydrogen) atoms. The zero-order valence-electron chi connectivity index (χ0n) is 7.63. The van der Waals surface area contributed by atoms with Crippen LogP contribution in [0.5, 0.6) is 0 Å². The van der Waals surface area contributed by atoms with Crippen molar-refractivity contribution >= 4 is 22.5 Å². The Hall–Kier alpha value is -0.950. The van der Waals surface area contributed by atoms with Crippen LogP contribution in [0.1, 0.15) is 13.3 Å². The highest BCUT2D eigenvalue weighted by Gasteiger charge is 2.02. The van der Waals surface area contributed by atoms with Gasteiger partial charge in [-0.1, -0.05) is 30.7 Å². The van der Waals surface area contributed by atoms with Gasteiger partial charge in [0.25, 0.3) is 0 Å². The van der Waals surface area contributed by atoms with Crippen LogP contribution in [0.25, 0.3) is 10.9 Å². The molecule has 0 bridgehead atoms. The van der Waals surface area contributed by atoms with E-state index < -0.39 is 0 Å². The first-order valence-electron chi connectivity index (χ1n) is 4.56. The third-order valence-corrected chi connectivity index (χ3v) is 2.51. The van der Waals surface area contributed by atoms with E-state index in [9.17, 15) is 0 Å². The summed E-state index contributed by atoms with van der Waals surface area (Å²) < 4.78 is 2.21. The fourth-order valence-corrected chi connectivity index (χ4v) is 1.93. The first kappa shape index (κ1) is 8.64. The molecule has 0 radical (unpaired) electrons. The number of halogens is 1. The Bertz CT molecular complexity index is 417. The second kappa shape index (κ2) is 3.43. The van der Waals surface area contributed by atoms with Crippen molar-refractivity contribution in [2.24, 2.45) is 0 Å². The second-order valence-corrected chi connectivity index (χ2v) is 3.59. The van der Waals surface area contributed by atoms with E-state index in [0.29, 0.717) is 0 Å². The van der Waals surface area contributed by atoms with Crippen molar-refractivity contribution in [2.45, 2.75) is 19.9 Å². The minimum Gasteiger partial charge on any atom is -0.346 e. The average Bonchev–Trinajstić information content (AvgIpc) is 2.51. The van der Waals surface area contributed by atoms with Crippen LogP contribution in [0.15, 0.2) is 30.5 Å². The van der Waals surface area contributed by atoms with E-state index in [4.69, 9.17) is 11.6 Å². The average molecular weight is 194 g/mol. The highest BCUT2D eigenvalue weighted by molar-refractivity contribution is 6.35. The van der Waals surface area contributed by atoms with Gasteiger partial charge in [0.2, 0.25) is 0 Å². The van der Waals surface area contributed by atoms with E-state index in [1.165, 1.54) is 5.39 Å². The van der Waals surface area contributed by atoms with Crippen molar-refractivity contribution in [3.05, 3.63) is 35.5 Å². The number of fused-ring (bicyclic) bond motifs is 1. The number of hydrogen-bond donors (Lipinski definition) is 0. The van der Waals surface area contributed by atoms with Crippen LogP contribution in [-0.4, -0.2) is 4.57 Å². The van der Waals surface area contributed by atoms with E-state index in [0.717, 1.165) is 23.5 Å². The molecule has 0 saturated carbocycles. The van der Waals surface area contributed by atoms with Gasteiger partial charge in [0.15, 0.2) is 0 Å². The Morgan fingerprint density at radius 2 is 2.15 bits per heavy atom. The maximum atomic E-state index is 6.12. The number of nitrogens with zero attached hydrogens (tertiary/aromatic N) is 1. The Balaban J connectivity index is 2.64. The maximum absolute atomic E-state index is 6.12. The summed E-state index contributed by atoms with van der Waals surface area (Å²) in [5, 5.41) is 2.07. The molecule has 1 heterocycles. The predicted molar refractivity (Wildman–Crippen MR) is 57.2 cm³/mol. The van der Waals surface area contributed by atoms with Crippen LogP contribution >= 0.6 is 11.6 Å². The molecule has 1 aromatic heterocycles. The van der Waals surface area contributed by atoms with Gasteiger partial charge in [0.05, 0.1) is 10.5 Å². The third-order valence-electron chi connectivity index (χ3n) is 2.20. The smallest absolute Gasteiger partial charge is 0.0669 e. The van der Waals surface area contributed by atoms with Crippen LogP contribution in [-0.2, 0) is 6.54 Å². The normalized spacial score (nSPS) is 10.9. The quantitative estimate of drug-likeness (QED) is 0.686. The second-order valence-electron chi connectivity index (χ2n) is 3.19. The van der Waals surface area contributed by atoms with Crippen LogP contribution < -0.4 is 0 Å². The monoisotopic (exact) mass is 193 g/mol. The van der Waals surface area contributed by atoms with Gasteiger partial charge >= 0.3 is 0 Å². The lowest BCUT2D eigenvalue weighted by atomic mass is 10.2. The van der Waals surface area contributed by atoms with E-state index in [-0.39, 0.29) is 0 Å². The molecule has 0 aliphatic rings. The van der Waals surface area contributed by atoms with Crippen LogP contribution in [0.4, 0.5) is 0 Å². The zero-order chi connectivity index (χ0) is 9.26. The summed E-state index contributed by atoms with van der Waals surface area (Å²) in [6, 6.07) is 8.13. The first-order chi connectivity index (χ1) is 6.33. The van der Waals surface area contributed by atoms with Crippen molar-refractivity contribution in [1.29, 1.82) is 0 Å². The number of aromatic nitrogens is 1. The minimum absolute atomic E-state index is 0.843. The standard InChI is InChI=1S/C11H12ClN/c1-2-7-13-8-6-9-4-3-5-10(12)11(9)13/h3-6,8H,2,7H2,1H3. The SMILES string of the molecule is CCCn1ccc2cccc(Cl)c21. The molecule has 2 heteroatoms. The van der Waals surface area contributed by atoms with Gasteiger partial charge in [-0.15, -0.1) is 0 Å². The number of para-hydroxylation sites is 1. The van der Waals surface area contributed by atoms with Gasteiger partial charge in [0.1, 0.15) is 0 Å². The van der Waals surface area contributed by atoms with Crippen LogP contribution in [0.3, 0.4) is 0 Å². The Morgan fingerprint density at radius 3 is 2.92 bits per heavy atom. The molecular weight excluding hydrogens is 182 g/mol. The lowest BCUT2D eigenvalue weighted by molar-refractivity contribution is 0.704. The summed E-state index contributed by atoms with van der Waals surface area (Å²) in [6.07, 6.45) is 3.23. The molecule has 2 rings (SSSR count). The molecular formula is C11H12ClN. The molecule has 0 amide bonds. The van der Waals surface area contributed by atoms with Crippen molar-refractivity contribution in [2.75, 3.05) is 0 Å². The molecule has 0 atom stereocenters. The summed E-state index contributed by atoms with van der Waals surface area (Å²) >= 11 is 6.12. The number of rotatable bonds is 2. The molecule has 0 spiro atoms. The lowest BCUT2D eigenvalue weighted by Crippen LogP contribution is -1.93. The van der Waals surface area contributed by atoms with Gasteiger partial charge in [-0.05, 0) is 18.6 Å². The fraction of sp³-hybridized carbons (Fsp3) is 0.273. The van der Waals surface area contributed by atoms with Crippen molar-refractivity contribution in [3.8, 4) is 0 Å². The molecule has 1 aromatic carbocycles. The summed E-state index contributed by atoms with van der Waals surface area (Å²) in [7, 11) is 0. The highest BCUT2D eigenvalue weighted by Crippen LogP contribution is 2.24. The molecule has 0 aliphatic carbocycles. The zero-order valence-corrected chi connectivity index (χ0v) is 8.38. The molecule has 0 fully saturated rings. The Labute approximate surface area is 82.9 Å². The molecule has 2 aromatic rings.